The molecule has 2 aromatic rings. The van der Waals surface area contributed by atoms with Crippen molar-refractivity contribution in [1.29, 1.82) is 0 Å². The summed E-state index contributed by atoms with van der Waals surface area (Å²) in [6.07, 6.45) is 0.648. The van der Waals surface area contributed by atoms with Crippen LogP contribution in [-0.4, -0.2) is 35.2 Å². The Balaban J connectivity index is 1.59. The number of carbonyl (C=O) groups is 2. The summed E-state index contributed by atoms with van der Waals surface area (Å²) in [6.45, 7) is 2.35. The molecule has 1 aliphatic rings. The summed E-state index contributed by atoms with van der Waals surface area (Å²) in [6, 6.07) is 4.94. The predicted molar refractivity (Wildman–Crippen MR) is 81.2 cm³/mol. The van der Waals surface area contributed by atoms with Crippen LogP contribution >= 0.6 is 11.3 Å². The minimum absolute atomic E-state index is 0.0333. The van der Waals surface area contributed by atoms with E-state index in [1.165, 1.54) is 11.3 Å². The van der Waals surface area contributed by atoms with E-state index in [-0.39, 0.29) is 18.4 Å². The largest absolute Gasteiger partial charge is 0.482 e. The molecule has 8 heteroatoms. The van der Waals surface area contributed by atoms with Crippen LogP contribution in [0.4, 0.5) is 5.69 Å². The van der Waals surface area contributed by atoms with Gasteiger partial charge in [-0.3, -0.25) is 9.59 Å². The number of benzene rings is 1. The van der Waals surface area contributed by atoms with E-state index < -0.39 is 0 Å². The van der Waals surface area contributed by atoms with Crippen molar-refractivity contribution in [3.63, 3.8) is 0 Å². The van der Waals surface area contributed by atoms with Crippen molar-refractivity contribution >= 4 is 28.8 Å². The average molecular weight is 318 g/mol. The molecule has 0 atom stereocenters. The second-order valence-electron chi connectivity index (χ2n) is 4.77. The molecule has 0 saturated heterocycles. The molecule has 1 aromatic carbocycles. The number of hydrogen-bond acceptors (Lipinski definition) is 6. The van der Waals surface area contributed by atoms with Gasteiger partial charge in [0.25, 0.3) is 11.8 Å². The van der Waals surface area contributed by atoms with Crippen molar-refractivity contribution in [1.82, 2.24) is 15.5 Å². The topological polar surface area (TPSA) is 93.2 Å². The lowest BCUT2D eigenvalue weighted by Crippen LogP contribution is -2.27. The first kappa shape index (κ1) is 14.5. The SMILES string of the molecule is Cc1nnc(CCNC(=O)c2ccc3c(c2)OCC(=O)N3)s1. The molecular formula is C14H14N4O3S. The minimum atomic E-state index is -0.197. The lowest BCUT2D eigenvalue weighted by atomic mass is 10.1. The van der Waals surface area contributed by atoms with Crippen molar-refractivity contribution < 1.29 is 14.3 Å². The molecule has 114 valence electrons. The Morgan fingerprint density at radius 2 is 2.32 bits per heavy atom. The number of anilines is 1. The van der Waals surface area contributed by atoms with Gasteiger partial charge < -0.3 is 15.4 Å². The molecule has 0 aliphatic carbocycles. The predicted octanol–water partition coefficient (Wildman–Crippen LogP) is 1.15. The Hall–Kier alpha value is -2.48. The van der Waals surface area contributed by atoms with Crippen LogP contribution in [0.3, 0.4) is 0 Å². The maximum absolute atomic E-state index is 12.1. The fraction of sp³-hybridized carbons (Fsp3) is 0.286. The van der Waals surface area contributed by atoms with E-state index in [0.717, 1.165) is 10.0 Å². The third-order valence-electron chi connectivity index (χ3n) is 3.07. The summed E-state index contributed by atoms with van der Waals surface area (Å²) in [7, 11) is 0. The van der Waals surface area contributed by atoms with Crippen molar-refractivity contribution in [3.8, 4) is 5.75 Å². The van der Waals surface area contributed by atoms with Gasteiger partial charge in [0, 0.05) is 18.5 Å². The number of aryl methyl sites for hydroxylation is 1. The van der Waals surface area contributed by atoms with Crippen LogP contribution in [0.5, 0.6) is 5.75 Å². The summed E-state index contributed by atoms with van der Waals surface area (Å²) in [5.74, 6) is 0.119. The number of aromatic nitrogens is 2. The van der Waals surface area contributed by atoms with Gasteiger partial charge in [0.05, 0.1) is 5.69 Å². The third-order valence-corrected chi connectivity index (χ3v) is 3.97. The van der Waals surface area contributed by atoms with Crippen molar-refractivity contribution in [2.45, 2.75) is 13.3 Å². The molecule has 0 fully saturated rings. The van der Waals surface area contributed by atoms with Gasteiger partial charge in [-0.2, -0.15) is 0 Å². The first-order valence-electron chi connectivity index (χ1n) is 6.76. The maximum atomic E-state index is 12.1. The fourth-order valence-electron chi connectivity index (χ4n) is 2.04. The summed E-state index contributed by atoms with van der Waals surface area (Å²) >= 11 is 1.52. The van der Waals surface area contributed by atoms with Gasteiger partial charge in [-0.05, 0) is 25.1 Å². The van der Waals surface area contributed by atoms with E-state index >= 15 is 0 Å². The molecule has 0 saturated carbocycles. The van der Waals surface area contributed by atoms with Crippen molar-refractivity contribution in [2.24, 2.45) is 0 Å². The summed E-state index contributed by atoms with van der Waals surface area (Å²) < 4.78 is 5.29. The highest BCUT2D eigenvalue weighted by Crippen LogP contribution is 2.28. The molecule has 3 rings (SSSR count). The molecule has 2 amide bonds. The smallest absolute Gasteiger partial charge is 0.262 e. The van der Waals surface area contributed by atoms with E-state index in [2.05, 4.69) is 20.8 Å². The van der Waals surface area contributed by atoms with Crippen LogP contribution < -0.4 is 15.4 Å². The number of nitrogens with one attached hydrogen (secondary N) is 2. The molecule has 0 spiro atoms. The van der Waals surface area contributed by atoms with Crippen molar-refractivity contribution in [2.75, 3.05) is 18.5 Å². The Kier molecular flexibility index (Phi) is 4.01. The second-order valence-corrected chi connectivity index (χ2v) is 6.03. The first-order valence-corrected chi connectivity index (χ1v) is 7.57. The summed E-state index contributed by atoms with van der Waals surface area (Å²) in [4.78, 5) is 23.3. The normalized spacial score (nSPS) is 13.0. The standard InChI is InChI=1S/C14H14N4O3S/c1-8-17-18-13(22-8)4-5-15-14(20)9-2-3-10-11(6-9)21-7-12(19)16-10/h2-3,6H,4-5,7H2,1H3,(H,15,20)(H,16,19). The van der Waals surface area contributed by atoms with Crippen LogP contribution in [0.2, 0.25) is 0 Å². The minimum Gasteiger partial charge on any atom is -0.482 e. The second kappa shape index (κ2) is 6.10. The monoisotopic (exact) mass is 318 g/mol. The van der Waals surface area contributed by atoms with Gasteiger partial charge in [-0.15, -0.1) is 21.5 Å². The summed E-state index contributed by atoms with van der Waals surface area (Å²) in [5.41, 5.74) is 1.07. The zero-order chi connectivity index (χ0) is 15.5. The lowest BCUT2D eigenvalue weighted by molar-refractivity contribution is -0.118. The van der Waals surface area contributed by atoms with Crippen molar-refractivity contribution in [3.05, 3.63) is 33.8 Å². The summed E-state index contributed by atoms with van der Waals surface area (Å²) in [5, 5.41) is 15.3. The highest BCUT2D eigenvalue weighted by molar-refractivity contribution is 7.11. The molecule has 0 unspecified atom stereocenters. The Labute approximate surface area is 130 Å². The van der Waals surface area contributed by atoms with E-state index in [1.54, 1.807) is 18.2 Å². The zero-order valence-electron chi connectivity index (χ0n) is 11.9. The van der Waals surface area contributed by atoms with Crippen LogP contribution in [0, 0.1) is 6.92 Å². The zero-order valence-corrected chi connectivity index (χ0v) is 12.7. The Morgan fingerprint density at radius 3 is 3.09 bits per heavy atom. The number of fused-ring (bicyclic) bond motifs is 1. The quantitative estimate of drug-likeness (QED) is 0.882. The number of rotatable bonds is 4. The molecule has 7 nitrogen and oxygen atoms in total. The fourth-order valence-corrected chi connectivity index (χ4v) is 2.75. The molecule has 2 heterocycles. The number of nitrogens with zero attached hydrogens (tertiary/aromatic N) is 2. The van der Waals surface area contributed by atoms with E-state index in [1.807, 2.05) is 6.92 Å². The van der Waals surface area contributed by atoms with E-state index in [4.69, 9.17) is 4.74 Å². The lowest BCUT2D eigenvalue weighted by Gasteiger charge is -2.18. The van der Waals surface area contributed by atoms with Crippen LogP contribution in [0.1, 0.15) is 20.4 Å². The van der Waals surface area contributed by atoms with E-state index in [0.29, 0.717) is 30.0 Å². The van der Waals surface area contributed by atoms with E-state index in [9.17, 15) is 9.59 Å². The van der Waals surface area contributed by atoms with Crippen LogP contribution in [0.15, 0.2) is 18.2 Å². The van der Waals surface area contributed by atoms with Gasteiger partial charge in [0.2, 0.25) is 0 Å². The van der Waals surface area contributed by atoms with Gasteiger partial charge >= 0.3 is 0 Å². The highest BCUT2D eigenvalue weighted by Gasteiger charge is 2.17. The molecule has 0 radical (unpaired) electrons. The first-order chi connectivity index (χ1) is 10.6. The molecule has 1 aliphatic heterocycles. The Morgan fingerprint density at radius 1 is 1.45 bits per heavy atom. The third kappa shape index (κ3) is 3.22. The number of carbonyl (C=O) groups excluding carboxylic acids is 2. The molecule has 2 N–H and O–H groups in total. The highest BCUT2D eigenvalue weighted by atomic mass is 32.1. The molecular weight excluding hydrogens is 304 g/mol. The van der Waals surface area contributed by atoms with Gasteiger partial charge in [0.1, 0.15) is 15.8 Å². The molecule has 0 bridgehead atoms. The molecule has 22 heavy (non-hydrogen) atoms. The van der Waals surface area contributed by atoms with Gasteiger partial charge in [0.15, 0.2) is 6.61 Å². The number of amides is 2. The van der Waals surface area contributed by atoms with Crippen LogP contribution in [0.25, 0.3) is 0 Å². The number of hydrogen-bond donors (Lipinski definition) is 2. The Bertz CT molecular complexity index is 729. The van der Waals surface area contributed by atoms with Crippen LogP contribution in [-0.2, 0) is 11.2 Å². The van der Waals surface area contributed by atoms with Gasteiger partial charge in [-0.25, -0.2) is 0 Å². The average Bonchev–Trinajstić information content (AvgIpc) is 2.92. The van der Waals surface area contributed by atoms with Gasteiger partial charge in [-0.1, -0.05) is 0 Å². The number of ether oxygens (including phenoxy) is 1. The maximum Gasteiger partial charge on any atom is 0.262 e. The molecule has 1 aromatic heterocycles.